The minimum absolute atomic E-state index is 0. The van der Waals surface area contributed by atoms with Crippen molar-refractivity contribution in [1.82, 2.24) is 0 Å². The van der Waals surface area contributed by atoms with E-state index in [1.165, 1.54) is 87.6 Å². The van der Waals surface area contributed by atoms with Crippen molar-refractivity contribution in [2.75, 3.05) is 0 Å². The Morgan fingerprint density at radius 1 is 0.482 bits per heavy atom. The zero-order valence-corrected chi connectivity index (χ0v) is 37.8. The maximum Gasteiger partial charge on any atom is 3.00 e. The van der Waals surface area contributed by atoms with Crippen LogP contribution in [0.3, 0.4) is 0 Å². The fraction of sp³-hybridized carbons (Fsp3) is 0.222. The van der Waals surface area contributed by atoms with Crippen molar-refractivity contribution >= 4 is 41.4 Å². The van der Waals surface area contributed by atoms with Crippen LogP contribution in [0.25, 0.3) is 54.9 Å². The summed E-state index contributed by atoms with van der Waals surface area (Å²) < 4.78 is 0. The molecule has 0 spiro atoms. The topological polar surface area (TPSA) is 0 Å². The second kappa shape index (κ2) is 17.4. The van der Waals surface area contributed by atoms with E-state index < -0.39 is 0 Å². The number of benzene rings is 6. The molecule has 0 amide bonds. The van der Waals surface area contributed by atoms with E-state index in [4.69, 9.17) is 0 Å². The summed E-state index contributed by atoms with van der Waals surface area (Å²) in [7, 11) is 0.795. The zero-order chi connectivity index (χ0) is 38.7. The normalized spacial score (nSPS) is 11.9. The third-order valence-corrected chi connectivity index (χ3v) is 12.3. The molecule has 277 valence electrons. The van der Waals surface area contributed by atoms with Crippen LogP contribution in [0.2, 0.25) is 0 Å². The average molecular weight is 821 g/mol. The Kier molecular flexibility index (Phi) is 12.8. The van der Waals surface area contributed by atoms with Crippen LogP contribution in [0.1, 0.15) is 77.6 Å². The van der Waals surface area contributed by atoms with Gasteiger partial charge < -0.3 is 0 Å². The summed E-state index contributed by atoms with van der Waals surface area (Å²) in [6, 6.07) is 58.4. The van der Waals surface area contributed by atoms with Gasteiger partial charge in [0.15, 0.2) is 0 Å². The van der Waals surface area contributed by atoms with Crippen molar-refractivity contribution < 1.29 is 26.2 Å². The van der Waals surface area contributed by atoms with Gasteiger partial charge in [0.1, 0.15) is 0 Å². The molecule has 0 bridgehead atoms. The van der Waals surface area contributed by atoms with E-state index in [1.54, 1.807) is 0 Å². The number of rotatable bonds is 4. The minimum atomic E-state index is 0. The number of aryl methyl sites for hydroxylation is 2. The van der Waals surface area contributed by atoms with Crippen LogP contribution in [-0.4, -0.2) is 9.52 Å². The first-order chi connectivity index (χ1) is 26.5. The Hall–Kier alpha value is -4.36. The molecule has 1 heterocycles. The molecule has 0 aliphatic carbocycles. The molecule has 2 heteroatoms. The SMILES string of the molecule is CCc1ccccc1-c1cccc2[cH-]c(C(C)(C)C)cc12.CCc1ccccc1-c1cccc2[cH-]c(C(C)(C)C)cc12.[Zr+3].[c-]1cccc2c1[Si]c1ccccc1-2. The molecule has 1 aliphatic heterocycles. The molecule has 8 aromatic rings. The van der Waals surface area contributed by atoms with E-state index in [9.17, 15) is 0 Å². The summed E-state index contributed by atoms with van der Waals surface area (Å²) in [5.74, 6) is 0. The molecule has 0 aromatic heterocycles. The minimum Gasteiger partial charge on any atom is -0.184 e. The standard InChI is InChI=1S/2C21H23.C12H7Si.Zr/c2*1-5-15-9-6-7-11-18(15)19-12-8-10-16-13-17(14-20(16)19)21(2,3)4;1-3-7-11-9(5-1)10-6-2-4-8-12(10)13-11;/h2*6-14H,5H2,1-4H3;1-7H;/q3*-1;+3. The zero-order valence-electron chi connectivity index (χ0n) is 34.3. The molecule has 0 fully saturated rings. The summed E-state index contributed by atoms with van der Waals surface area (Å²) >= 11 is 0. The van der Waals surface area contributed by atoms with Crippen molar-refractivity contribution in [2.24, 2.45) is 0 Å². The smallest absolute Gasteiger partial charge is 0.184 e. The van der Waals surface area contributed by atoms with Gasteiger partial charge in [0.05, 0.1) is 9.52 Å². The van der Waals surface area contributed by atoms with Gasteiger partial charge in [-0.15, -0.1) is 74.6 Å². The van der Waals surface area contributed by atoms with Crippen LogP contribution in [0.15, 0.2) is 152 Å². The molecule has 9 rings (SSSR count). The first-order valence-corrected chi connectivity index (χ1v) is 20.9. The van der Waals surface area contributed by atoms with E-state index in [0.717, 1.165) is 22.4 Å². The Labute approximate surface area is 357 Å². The van der Waals surface area contributed by atoms with Crippen molar-refractivity contribution in [2.45, 2.75) is 79.1 Å². The van der Waals surface area contributed by atoms with Gasteiger partial charge in [-0.3, -0.25) is 0 Å². The molecular weight excluding hydrogens is 768 g/mol. The average Bonchev–Trinajstić information content (AvgIpc) is 3.94. The van der Waals surface area contributed by atoms with Crippen molar-refractivity contribution in [3.05, 3.63) is 180 Å². The fourth-order valence-corrected chi connectivity index (χ4v) is 9.02. The molecule has 0 nitrogen and oxygen atoms in total. The number of hydrogen-bond acceptors (Lipinski definition) is 0. The monoisotopic (exact) mass is 819 g/mol. The van der Waals surface area contributed by atoms with Gasteiger partial charge in [0.2, 0.25) is 0 Å². The molecule has 8 aromatic carbocycles. The molecule has 3 radical (unpaired) electrons. The van der Waals surface area contributed by atoms with Crippen LogP contribution >= 0.6 is 0 Å². The molecule has 0 atom stereocenters. The van der Waals surface area contributed by atoms with Crippen LogP contribution in [0.4, 0.5) is 0 Å². The van der Waals surface area contributed by atoms with Gasteiger partial charge in [-0.25, -0.2) is 0 Å². The molecule has 0 unspecified atom stereocenters. The van der Waals surface area contributed by atoms with Crippen LogP contribution < -0.4 is 10.4 Å². The second-order valence-electron chi connectivity index (χ2n) is 16.8. The van der Waals surface area contributed by atoms with Gasteiger partial charge in [-0.1, -0.05) is 162 Å². The molecule has 1 aliphatic rings. The molecule has 56 heavy (non-hydrogen) atoms. The van der Waals surface area contributed by atoms with Crippen molar-refractivity contribution in [3.8, 4) is 33.4 Å². The largest absolute Gasteiger partial charge is 3.00 e. The van der Waals surface area contributed by atoms with Crippen molar-refractivity contribution in [3.63, 3.8) is 0 Å². The Bertz CT molecular complexity index is 2380. The van der Waals surface area contributed by atoms with Crippen molar-refractivity contribution in [1.29, 1.82) is 0 Å². The maximum absolute atomic E-state index is 3.31. The summed E-state index contributed by atoms with van der Waals surface area (Å²) in [6.45, 7) is 18.1. The predicted octanol–water partition coefficient (Wildman–Crippen LogP) is 13.3. The van der Waals surface area contributed by atoms with E-state index in [-0.39, 0.29) is 37.0 Å². The van der Waals surface area contributed by atoms with Gasteiger partial charge in [0, 0.05) is 0 Å². The first kappa shape index (κ1) is 41.3. The first-order valence-electron chi connectivity index (χ1n) is 19.9. The van der Waals surface area contributed by atoms with Gasteiger partial charge in [0.25, 0.3) is 0 Å². The molecule has 0 saturated heterocycles. The third kappa shape index (κ3) is 8.78. The summed E-state index contributed by atoms with van der Waals surface area (Å²) in [4.78, 5) is 0. The molecule has 0 saturated carbocycles. The third-order valence-electron chi connectivity index (χ3n) is 10.9. The summed E-state index contributed by atoms with van der Waals surface area (Å²) in [5.41, 5.74) is 14.3. The fourth-order valence-electron chi connectivity index (χ4n) is 7.71. The maximum atomic E-state index is 3.31. The van der Waals surface area contributed by atoms with E-state index in [1.807, 2.05) is 6.07 Å². The number of hydrogen-bond donors (Lipinski definition) is 0. The predicted molar refractivity (Wildman–Crippen MR) is 242 cm³/mol. The van der Waals surface area contributed by atoms with Gasteiger partial charge in [-0.05, 0) is 45.9 Å². The van der Waals surface area contributed by atoms with E-state index in [2.05, 4.69) is 207 Å². The summed E-state index contributed by atoms with van der Waals surface area (Å²) in [6.07, 6.45) is 2.14. The Morgan fingerprint density at radius 2 is 0.911 bits per heavy atom. The van der Waals surface area contributed by atoms with Crippen LogP contribution in [-0.2, 0) is 49.9 Å². The van der Waals surface area contributed by atoms with E-state index >= 15 is 0 Å². The van der Waals surface area contributed by atoms with E-state index in [0.29, 0.717) is 0 Å². The van der Waals surface area contributed by atoms with Crippen LogP contribution in [0.5, 0.6) is 0 Å². The molecule has 0 N–H and O–H groups in total. The van der Waals surface area contributed by atoms with Crippen LogP contribution in [0, 0.1) is 6.07 Å². The quantitative estimate of drug-likeness (QED) is 0.123. The molecular formula is C54H53SiZr. The van der Waals surface area contributed by atoms with Gasteiger partial charge >= 0.3 is 26.2 Å². The second-order valence-corrected chi connectivity index (χ2v) is 18.0. The summed E-state index contributed by atoms with van der Waals surface area (Å²) in [5, 5.41) is 8.28. The Balaban J connectivity index is 0.000000145. The van der Waals surface area contributed by atoms with Gasteiger partial charge in [-0.2, -0.15) is 41.6 Å². The Morgan fingerprint density at radius 3 is 1.39 bits per heavy atom. The number of fused-ring (bicyclic) bond motifs is 5.